The van der Waals surface area contributed by atoms with E-state index in [2.05, 4.69) is 15.6 Å². The number of rotatable bonds is 6. The molecule has 0 aliphatic heterocycles. The highest BCUT2D eigenvalue weighted by Gasteiger charge is 2.24. The highest BCUT2D eigenvalue weighted by Crippen LogP contribution is 2.10. The van der Waals surface area contributed by atoms with Crippen LogP contribution in [0, 0.1) is 5.92 Å². The number of nitrogens with zero attached hydrogens (tertiary/aromatic N) is 1. The Morgan fingerprint density at radius 1 is 1.27 bits per heavy atom. The molecule has 2 heterocycles. The van der Waals surface area contributed by atoms with Crippen LogP contribution < -0.4 is 10.6 Å². The standard InChI is InChI=1S/C16H19N3O2S/c1-11(2)14(19-15(20)13-6-4-8-22-13)16(21)18-10-12-5-3-7-17-9-12/h3-9,11,14H,10H2,1-2H3,(H,18,21)(H,19,20)/t14-/m0/s1. The Kier molecular flexibility index (Phi) is 5.66. The highest BCUT2D eigenvalue weighted by atomic mass is 32.1. The molecule has 6 heteroatoms. The van der Waals surface area contributed by atoms with Gasteiger partial charge in [-0.25, -0.2) is 0 Å². The summed E-state index contributed by atoms with van der Waals surface area (Å²) >= 11 is 1.35. The van der Waals surface area contributed by atoms with Crippen LogP contribution in [-0.4, -0.2) is 22.8 Å². The van der Waals surface area contributed by atoms with Crippen molar-refractivity contribution in [2.24, 2.45) is 5.92 Å². The van der Waals surface area contributed by atoms with Gasteiger partial charge in [0, 0.05) is 18.9 Å². The smallest absolute Gasteiger partial charge is 0.262 e. The third kappa shape index (κ3) is 4.39. The summed E-state index contributed by atoms with van der Waals surface area (Å²) in [7, 11) is 0. The van der Waals surface area contributed by atoms with Crippen molar-refractivity contribution < 1.29 is 9.59 Å². The first-order valence-electron chi connectivity index (χ1n) is 7.09. The molecule has 0 fully saturated rings. The van der Waals surface area contributed by atoms with Crippen molar-refractivity contribution in [3.05, 3.63) is 52.5 Å². The molecule has 0 unspecified atom stereocenters. The largest absolute Gasteiger partial charge is 0.350 e. The summed E-state index contributed by atoms with van der Waals surface area (Å²) in [5.74, 6) is -0.410. The summed E-state index contributed by atoms with van der Waals surface area (Å²) < 4.78 is 0. The number of thiophene rings is 1. The summed E-state index contributed by atoms with van der Waals surface area (Å²) in [5.41, 5.74) is 0.919. The van der Waals surface area contributed by atoms with E-state index in [1.54, 1.807) is 18.5 Å². The number of amides is 2. The third-order valence-electron chi connectivity index (χ3n) is 3.17. The summed E-state index contributed by atoms with van der Waals surface area (Å²) in [5, 5.41) is 7.47. The van der Waals surface area contributed by atoms with Gasteiger partial charge in [-0.1, -0.05) is 26.0 Å². The fourth-order valence-electron chi connectivity index (χ4n) is 1.96. The normalized spacial score (nSPS) is 12.0. The molecule has 0 spiro atoms. The fourth-order valence-corrected chi connectivity index (χ4v) is 2.58. The Morgan fingerprint density at radius 2 is 2.09 bits per heavy atom. The second kappa shape index (κ2) is 7.70. The molecule has 0 radical (unpaired) electrons. The molecule has 0 saturated heterocycles. The summed E-state index contributed by atoms with van der Waals surface area (Å²) in [4.78, 5) is 29.0. The van der Waals surface area contributed by atoms with E-state index >= 15 is 0 Å². The van der Waals surface area contributed by atoms with Crippen molar-refractivity contribution in [1.29, 1.82) is 0 Å². The van der Waals surface area contributed by atoms with Crippen molar-refractivity contribution >= 4 is 23.2 Å². The van der Waals surface area contributed by atoms with Crippen molar-refractivity contribution in [3.8, 4) is 0 Å². The van der Waals surface area contributed by atoms with Gasteiger partial charge in [-0.15, -0.1) is 11.3 Å². The Labute approximate surface area is 133 Å². The maximum atomic E-state index is 12.3. The zero-order valence-electron chi connectivity index (χ0n) is 12.6. The first-order chi connectivity index (χ1) is 10.6. The molecule has 0 aromatic carbocycles. The molecule has 0 aliphatic carbocycles. The zero-order chi connectivity index (χ0) is 15.9. The van der Waals surface area contributed by atoms with Gasteiger partial charge in [-0.3, -0.25) is 14.6 Å². The minimum atomic E-state index is -0.564. The van der Waals surface area contributed by atoms with Gasteiger partial charge >= 0.3 is 0 Å². The molecule has 2 aromatic heterocycles. The van der Waals surface area contributed by atoms with Crippen LogP contribution in [0.4, 0.5) is 0 Å². The summed E-state index contributed by atoms with van der Waals surface area (Å²) in [6.07, 6.45) is 3.39. The number of carbonyl (C=O) groups is 2. The van der Waals surface area contributed by atoms with Crippen molar-refractivity contribution in [1.82, 2.24) is 15.6 Å². The summed E-state index contributed by atoms with van der Waals surface area (Å²) in [6.45, 7) is 4.21. The Hall–Kier alpha value is -2.21. The lowest BCUT2D eigenvalue weighted by Crippen LogP contribution is -2.49. The van der Waals surface area contributed by atoms with Crippen LogP contribution in [0.2, 0.25) is 0 Å². The molecular formula is C16H19N3O2S. The van der Waals surface area contributed by atoms with E-state index in [1.807, 2.05) is 37.4 Å². The molecule has 2 amide bonds. The van der Waals surface area contributed by atoms with Crippen LogP contribution in [0.1, 0.15) is 29.1 Å². The van der Waals surface area contributed by atoms with Crippen LogP contribution in [-0.2, 0) is 11.3 Å². The van der Waals surface area contributed by atoms with E-state index in [4.69, 9.17) is 0 Å². The predicted octanol–water partition coefficient (Wildman–Crippen LogP) is 2.21. The lowest BCUT2D eigenvalue weighted by atomic mass is 10.0. The maximum absolute atomic E-state index is 12.3. The molecule has 0 aliphatic rings. The molecule has 1 atom stereocenters. The zero-order valence-corrected chi connectivity index (χ0v) is 13.4. The van der Waals surface area contributed by atoms with Crippen molar-refractivity contribution in [2.45, 2.75) is 26.4 Å². The number of carbonyl (C=O) groups excluding carboxylic acids is 2. The highest BCUT2D eigenvalue weighted by molar-refractivity contribution is 7.12. The van der Waals surface area contributed by atoms with Crippen LogP contribution in [0.25, 0.3) is 0 Å². The lowest BCUT2D eigenvalue weighted by Gasteiger charge is -2.21. The van der Waals surface area contributed by atoms with Gasteiger partial charge in [0.05, 0.1) is 4.88 Å². The molecule has 0 bridgehead atoms. The molecule has 5 nitrogen and oxygen atoms in total. The van der Waals surface area contributed by atoms with E-state index in [-0.39, 0.29) is 17.7 Å². The Balaban J connectivity index is 1.95. The first kappa shape index (κ1) is 16.2. The lowest BCUT2D eigenvalue weighted by molar-refractivity contribution is -0.124. The third-order valence-corrected chi connectivity index (χ3v) is 4.04. The van der Waals surface area contributed by atoms with Crippen LogP contribution in [0.3, 0.4) is 0 Å². The molecule has 2 N–H and O–H groups in total. The Morgan fingerprint density at radius 3 is 2.68 bits per heavy atom. The molecule has 0 saturated carbocycles. The van der Waals surface area contributed by atoms with Gasteiger partial charge < -0.3 is 10.6 Å². The van der Waals surface area contributed by atoms with Gasteiger partial charge in [0.25, 0.3) is 5.91 Å². The quantitative estimate of drug-likeness (QED) is 0.858. The minimum absolute atomic E-state index is 0.00203. The van der Waals surface area contributed by atoms with Crippen molar-refractivity contribution in [3.63, 3.8) is 0 Å². The molecule has 2 aromatic rings. The average molecular weight is 317 g/mol. The van der Waals surface area contributed by atoms with E-state index < -0.39 is 6.04 Å². The van der Waals surface area contributed by atoms with Crippen LogP contribution in [0.5, 0.6) is 0 Å². The molecule has 2 rings (SSSR count). The monoisotopic (exact) mass is 317 g/mol. The number of pyridine rings is 1. The van der Waals surface area contributed by atoms with Gasteiger partial charge in [-0.2, -0.15) is 0 Å². The minimum Gasteiger partial charge on any atom is -0.350 e. The van der Waals surface area contributed by atoms with Gasteiger partial charge in [-0.05, 0) is 29.0 Å². The molecule has 116 valence electrons. The maximum Gasteiger partial charge on any atom is 0.262 e. The average Bonchev–Trinajstić information content (AvgIpc) is 3.05. The van der Waals surface area contributed by atoms with E-state index in [0.29, 0.717) is 11.4 Å². The van der Waals surface area contributed by atoms with Gasteiger partial charge in [0.1, 0.15) is 6.04 Å². The van der Waals surface area contributed by atoms with E-state index in [1.165, 1.54) is 11.3 Å². The van der Waals surface area contributed by atoms with E-state index in [9.17, 15) is 9.59 Å². The van der Waals surface area contributed by atoms with Gasteiger partial charge in [0.15, 0.2) is 0 Å². The fraction of sp³-hybridized carbons (Fsp3) is 0.312. The molecular weight excluding hydrogens is 298 g/mol. The summed E-state index contributed by atoms with van der Waals surface area (Å²) in [6, 6.07) is 6.70. The topological polar surface area (TPSA) is 71.1 Å². The first-order valence-corrected chi connectivity index (χ1v) is 7.97. The SMILES string of the molecule is CC(C)[C@H](NC(=O)c1cccs1)C(=O)NCc1cccnc1. The number of aromatic nitrogens is 1. The second-order valence-corrected chi connectivity index (χ2v) is 6.20. The van der Waals surface area contributed by atoms with Crippen molar-refractivity contribution in [2.75, 3.05) is 0 Å². The van der Waals surface area contributed by atoms with E-state index in [0.717, 1.165) is 5.56 Å². The van der Waals surface area contributed by atoms with Gasteiger partial charge in [0.2, 0.25) is 5.91 Å². The number of nitrogens with one attached hydrogen (secondary N) is 2. The molecule has 22 heavy (non-hydrogen) atoms. The van der Waals surface area contributed by atoms with Crippen LogP contribution >= 0.6 is 11.3 Å². The Bertz CT molecular complexity index is 612. The number of hydrogen-bond donors (Lipinski definition) is 2. The second-order valence-electron chi connectivity index (χ2n) is 5.25. The number of hydrogen-bond acceptors (Lipinski definition) is 4. The predicted molar refractivity (Wildman–Crippen MR) is 86.5 cm³/mol. The van der Waals surface area contributed by atoms with Crippen LogP contribution in [0.15, 0.2) is 42.0 Å².